The lowest BCUT2D eigenvalue weighted by molar-refractivity contribution is -0.132. The second kappa shape index (κ2) is 10.1. The number of rotatable bonds is 7. The summed E-state index contributed by atoms with van der Waals surface area (Å²) in [7, 11) is 0. The van der Waals surface area contributed by atoms with E-state index < -0.39 is 0 Å². The highest BCUT2D eigenvalue weighted by Crippen LogP contribution is 2.31. The van der Waals surface area contributed by atoms with E-state index in [1.807, 2.05) is 56.3 Å². The molecule has 7 nitrogen and oxygen atoms in total. The molecule has 1 aromatic heterocycles. The van der Waals surface area contributed by atoms with Crippen LogP contribution in [0.3, 0.4) is 0 Å². The summed E-state index contributed by atoms with van der Waals surface area (Å²) in [6.07, 6.45) is 0.933. The summed E-state index contributed by atoms with van der Waals surface area (Å²) in [5, 5.41) is 15.0. The largest absolute Gasteiger partial charge is 0.462 e. The summed E-state index contributed by atoms with van der Waals surface area (Å²) < 4.78 is 7.35. The van der Waals surface area contributed by atoms with Crippen molar-refractivity contribution in [3.8, 4) is 16.9 Å². The Morgan fingerprint density at radius 1 is 1.03 bits per heavy atom. The van der Waals surface area contributed by atoms with Gasteiger partial charge in [0.05, 0.1) is 36.7 Å². The van der Waals surface area contributed by atoms with Gasteiger partial charge in [-0.15, -0.1) is 0 Å². The van der Waals surface area contributed by atoms with Crippen molar-refractivity contribution in [3.63, 3.8) is 0 Å². The van der Waals surface area contributed by atoms with E-state index in [0.717, 1.165) is 39.5 Å². The number of hydrogen-bond donors (Lipinski definition) is 1. The molecule has 4 rings (SSSR count). The van der Waals surface area contributed by atoms with Gasteiger partial charge in [-0.05, 0) is 50.1 Å². The zero-order valence-corrected chi connectivity index (χ0v) is 19.7. The fraction of sp³-hybridized carbons (Fsp3) is 0.296. The smallest absolute Gasteiger partial charge is 0.339 e. The summed E-state index contributed by atoms with van der Waals surface area (Å²) in [4.78, 5) is 24.6. The number of nitrogens with zero attached hydrogens (tertiary/aromatic N) is 3. The first-order valence-corrected chi connectivity index (χ1v) is 11.5. The number of β-amino-alcohol motifs (C(OH)–C–C–N with tert-alkyl or cyclic N) is 1. The van der Waals surface area contributed by atoms with Crippen LogP contribution in [0.4, 0.5) is 0 Å². The van der Waals surface area contributed by atoms with Crippen LogP contribution in [-0.4, -0.2) is 52.0 Å². The fourth-order valence-corrected chi connectivity index (χ4v) is 4.17. The minimum Gasteiger partial charge on any atom is -0.462 e. The predicted octanol–water partition coefficient (Wildman–Crippen LogP) is 4.26. The van der Waals surface area contributed by atoms with Crippen molar-refractivity contribution < 1.29 is 19.4 Å². The van der Waals surface area contributed by atoms with Crippen molar-refractivity contribution in [2.75, 3.05) is 19.8 Å². The summed E-state index contributed by atoms with van der Waals surface area (Å²) in [5.74, 6) is -0.416. The Morgan fingerprint density at radius 3 is 2.35 bits per heavy atom. The fourth-order valence-electron chi connectivity index (χ4n) is 4.17. The Morgan fingerprint density at radius 2 is 1.71 bits per heavy atom. The van der Waals surface area contributed by atoms with Gasteiger partial charge in [-0.3, -0.25) is 4.79 Å². The SMILES string of the molecule is CCOC(=O)c1cc(-c2ccc(C)cc2)n(-c2ccc(C3=NN(CCO)C(=O)CC3)cc2)c1C. The van der Waals surface area contributed by atoms with Gasteiger partial charge in [0.2, 0.25) is 5.91 Å². The van der Waals surface area contributed by atoms with Crippen molar-refractivity contribution in [1.29, 1.82) is 0 Å². The summed E-state index contributed by atoms with van der Waals surface area (Å²) in [6.45, 7) is 6.14. The number of hydrazone groups is 1. The van der Waals surface area contributed by atoms with Gasteiger partial charge < -0.3 is 14.4 Å². The van der Waals surface area contributed by atoms with Crippen molar-refractivity contribution in [3.05, 3.63) is 77.0 Å². The topological polar surface area (TPSA) is 84.1 Å². The van der Waals surface area contributed by atoms with Gasteiger partial charge in [0, 0.05) is 24.2 Å². The maximum absolute atomic E-state index is 12.6. The van der Waals surface area contributed by atoms with E-state index in [4.69, 9.17) is 4.74 Å². The first-order chi connectivity index (χ1) is 16.4. The molecule has 2 aromatic carbocycles. The maximum Gasteiger partial charge on any atom is 0.339 e. The summed E-state index contributed by atoms with van der Waals surface area (Å²) >= 11 is 0. The normalized spacial score (nSPS) is 13.7. The minimum atomic E-state index is -0.339. The number of benzene rings is 2. The molecule has 1 aliphatic heterocycles. The van der Waals surface area contributed by atoms with E-state index in [0.29, 0.717) is 25.0 Å². The number of aromatic nitrogens is 1. The molecule has 0 atom stereocenters. The monoisotopic (exact) mass is 459 g/mol. The molecule has 0 radical (unpaired) electrons. The Hall–Kier alpha value is -3.71. The quantitative estimate of drug-likeness (QED) is 0.535. The van der Waals surface area contributed by atoms with Crippen LogP contribution >= 0.6 is 0 Å². The average molecular weight is 460 g/mol. The van der Waals surface area contributed by atoms with Gasteiger partial charge in [-0.1, -0.05) is 42.0 Å². The Kier molecular flexibility index (Phi) is 6.93. The molecule has 0 saturated heterocycles. The number of amides is 1. The molecular weight excluding hydrogens is 430 g/mol. The second-order valence-electron chi connectivity index (χ2n) is 8.28. The number of esters is 1. The van der Waals surface area contributed by atoms with E-state index in [1.165, 1.54) is 5.01 Å². The van der Waals surface area contributed by atoms with Gasteiger partial charge in [0.1, 0.15) is 0 Å². The van der Waals surface area contributed by atoms with E-state index >= 15 is 0 Å². The molecule has 34 heavy (non-hydrogen) atoms. The van der Waals surface area contributed by atoms with Gasteiger partial charge in [0.15, 0.2) is 0 Å². The van der Waals surface area contributed by atoms with Crippen LogP contribution in [0.1, 0.15) is 46.9 Å². The van der Waals surface area contributed by atoms with Crippen LogP contribution in [0.5, 0.6) is 0 Å². The highest BCUT2D eigenvalue weighted by Gasteiger charge is 2.22. The number of aliphatic hydroxyl groups excluding tert-OH is 1. The van der Waals surface area contributed by atoms with Crippen molar-refractivity contribution in [2.45, 2.75) is 33.6 Å². The van der Waals surface area contributed by atoms with E-state index in [1.54, 1.807) is 6.92 Å². The Labute approximate surface area is 199 Å². The number of ether oxygens (including phenoxy) is 1. The summed E-state index contributed by atoms with van der Waals surface area (Å²) in [6, 6.07) is 18.0. The van der Waals surface area contributed by atoms with Gasteiger partial charge in [-0.2, -0.15) is 5.10 Å². The first kappa shape index (κ1) is 23.4. The number of aliphatic hydroxyl groups is 1. The molecule has 0 fully saturated rings. The van der Waals surface area contributed by atoms with Crippen LogP contribution in [0, 0.1) is 13.8 Å². The number of hydrogen-bond acceptors (Lipinski definition) is 5. The molecule has 7 heteroatoms. The molecule has 0 unspecified atom stereocenters. The number of carbonyl (C=O) groups is 2. The van der Waals surface area contributed by atoms with E-state index in [9.17, 15) is 14.7 Å². The molecule has 2 heterocycles. The zero-order chi connectivity index (χ0) is 24.2. The molecule has 0 saturated carbocycles. The third kappa shape index (κ3) is 4.65. The third-order valence-electron chi connectivity index (χ3n) is 5.97. The third-order valence-corrected chi connectivity index (χ3v) is 5.97. The lowest BCUT2D eigenvalue weighted by atomic mass is 10.0. The lowest BCUT2D eigenvalue weighted by Crippen LogP contribution is -2.34. The number of carbonyl (C=O) groups excluding carboxylic acids is 2. The lowest BCUT2D eigenvalue weighted by Gasteiger charge is -2.23. The molecular formula is C27H29N3O4. The molecule has 1 aliphatic rings. The minimum absolute atomic E-state index is 0.0772. The molecule has 0 bridgehead atoms. The standard InChI is InChI=1S/C27H29N3O4/c1-4-34-27(33)23-17-25(21-7-5-18(2)6-8-21)30(19(23)3)22-11-9-20(10-12-22)24-13-14-26(32)29(28-24)15-16-31/h5-12,17,31H,4,13-16H2,1-3H3. The molecule has 0 aliphatic carbocycles. The second-order valence-corrected chi connectivity index (χ2v) is 8.28. The Bertz CT molecular complexity index is 1220. The summed E-state index contributed by atoms with van der Waals surface area (Å²) in [5.41, 5.74) is 7.06. The van der Waals surface area contributed by atoms with Gasteiger partial charge in [0.25, 0.3) is 0 Å². The highest BCUT2D eigenvalue weighted by molar-refractivity contribution is 6.04. The van der Waals surface area contributed by atoms with E-state index in [-0.39, 0.29) is 25.0 Å². The van der Waals surface area contributed by atoms with Crippen molar-refractivity contribution >= 4 is 17.6 Å². The first-order valence-electron chi connectivity index (χ1n) is 11.5. The van der Waals surface area contributed by atoms with Crippen LogP contribution in [-0.2, 0) is 9.53 Å². The maximum atomic E-state index is 12.6. The van der Waals surface area contributed by atoms with Crippen LogP contribution < -0.4 is 0 Å². The molecule has 3 aromatic rings. The molecule has 0 spiro atoms. The predicted molar refractivity (Wildman–Crippen MR) is 131 cm³/mol. The molecule has 1 amide bonds. The highest BCUT2D eigenvalue weighted by atomic mass is 16.5. The van der Waals surface area contributed by atoms with Crippen molar-refractivity contribution in [2.24, 2.45) is 5.10 Å². The van der Waals surface area contributed by atoms with Crippen molar-refractivity contribution in [1.82, 2.24) is 9.58 Å². The Balaban J connectivity index is 1.75. The average Bonchev–Trinajstić information content (AvgIpc) is 3.18. The molecule has 176 valence electrons. The van der Waals surface area contributed by atoms with Crippen LogP contribution in [0.25, 0.3) is 16.9 Å². The zero-order valence-electron chi connectivity index (χ0n) is 19.7. The van der Waals surface area contributed by atoms with E-state index in [2.05, 4.69) is 21.8 Å². The van der Waals surface area contributed by atoms with Crippen LogP contribution in [0.2, 0.25) is 0 Å². The molecule has 1 N–H and O–H groups in total. The number of aryl methyl sites for hydroxylation is 1. The van der Waals surface area contributed by atoms with Gasteiger partial charge in [-0.25, -0.2) is 9.80 Å². The van der Waals surface area contributed by atoms with Gasteiger partial charge >= 0.3 is 5.97 Å². The van der Waals surface area contributed by atoms with Crippen LogP contribution in [0.15, 0.2) is 59.7 Å².